The van der Waals surface area contributed by atoms with Crippen molar-refractivity contribution in [2.75, 3.05) is 20.2 Å². The van der Waals surface area contributed by atoms with Crippen LogP contribution >= 0.6 is 22.7 Å². The number of thiophene rings is 2. The molecule has 0 N–H and O–H groups in total. The molecule has 1 fully saturated rings. The maximum Gasteiger partial charge on any atom is 0.163 e. The number of rotatable bonds is 2. The minimum absolute atomic E-state index is 0.0831. The number of nitrogens with zero attached hydrogens (tertiary/aromatic N) is 1. The summed E-state index contributed by atoms with van der Waals surface area (Å²) in [5, 5.41) is 4.41. The highest BCUT2D eigenvalue weighted by molar-refractivity contribution is 7.11. The fourth-order valence-electron chi connectivity index (χ4n) is 4.13. The van der Waals surface area contributed by atoms with Crippen LogP contribution in [0.25, 0.3) is 0 Å². The van der Waals surface area contributed by atoms with Gasteiger partial charge < -0.3 is 9.47 Å². The smallest absolute Gasteiger partial charge is 0.163 e. The van der Waals surface area contributed by atoms with Crippen LogP contribution < -0.4 is 0 Å². The van der Waals surface area contributed by atoms with Gasteiger partial charge in [0.15, 0.2) is 6.29 Å². The highest BCUT2D eigenvalue weighted by Gasteiger charge is 2.48. The molecule has 0 amide bonds. The predicted octanol–water partition coefficient (Wildman–Crippen LogP) is 3.75. The van der Waals surface area contributed by atoms with E-state index >= 15 is 0 Å². The van der Waals surface area contributed by atoms with Gasteiger partial charge in [-0.3, -0.25) is 4.90 Å². The van der Waals surface area contributed by atoms with Crippen molar-refractivity contribution in [3.8, 4) is 0 Å². The molecule has 5 heteroatoms. The van der Waals surface area contributed by atoms with Crippen molar-refractivity contribution in [3.05, 3.63) is 43.8 Å². The van der Waals surface area contributed by atoms with E-state index < -0.39 is 0 Å². The number of fused-ring (bicyclic) bond motifs is 3. The van der Waals surface area contributed by atoms with Gasteiger partial charge in [-0.15, -0.1) is 22.7 Å². The second-order valence-electron chi connectivity index (χ2n) is 6.42. The number of hydrogen-bond acceptors (Lipinski definition) is 5. The number of methoxy groups -OCH3 is 1. The highest BCUT2D eigenvalue weighted by Crippen LogP contribution is 2.53. The Bertz CT molecular complexity index is 681. The molecule has 2 atom stereocenters. The number of ether oxygens (including phenoxy) is 2. The molecule has 0 bridgehead atoms. The van der Waals surface area contributed by atoms with E-state index in [2.05, 4.69) is 27.8 Å². The molecule has 5 rings (SSSR count). The Morgan fingerprint density at radius 3 is 2.77 bits per heavy atom. The fourth-order valence-corrected chi connectivity index (χ4v) is 6.13. The lowest BCUT2D eigenvalue weighted by atomic mass is 9.82. The van der Waals surface area contributed by atoms with E-state index in [1.54, 1.807) is 17.6 Å². The largest absolute Gasteiger partial charge is 0.355 e. The number of piperidine rings is 1. The van der Waals surface area contributed by atoms with E-state index in [4.69, 9.17) is 9.47 Å². The topological polar surface area (TPSA) is 21.7 Å². The first-order chi connectivity index (χ1) is 10.8. The normalized spacial score (nSPS) is 29.3. The standard InChI is InChI=1S/C17H19NO2S2/c1-19-14-10-13-12(3-9-21-13)17(20-14)4-6-18(7-5-17)15-11-2-8-22-16(11)15/h2-3,8-9,14-15H,4-7,10H2,1H3. The summed E-state index contributed by atoms with van der Waals surface area (Å²) in [7, 11) is 1.76. The van der Waals surface area contributed by atoms with Gasteiger partial charge in [-0.1, -0.05) is 0 Å². The molecule has 4 heterocycles. The molecule has 2 unspecified atom stereocenters. The zero-order valence-corrected chi connectivity index (χ0v) is 14.2. The molecule has 3 aliphatic rings. The molecule has 116 valence electrons. The van der Waals surface area contributed by atoms with E-state index in [0.717, 1.165) is 32.4 Å². The molecular weight excluding hydrogens is 314 g/mol. The van der Waals surface area contributed by atoms with Crippen LogP contribution in [0.1, 0.15) is 39.8 Å². The summed E-state index contributed by atoms with van der Waals surface area (Å²) in [5.74, 6) is 0. The second-order valence-corrected chi connectivity index (χ2v) is 8.37. The van der Waals surface area contributed by atoms with Crippen LogP contribution in [0.3, 0.4) is 0 Å². The van der Waals surface area contributed by atoms with Crippen LogP contribution in [-0.4, -0.2) is 31.4 Å². The van der Waals surface area contributed by atoms with E-state index in [1.165, 1.54) is 10.4 Å². The Balaban J connectivity index is 1.37. The zero-order chi connectivity index (χ0) is 14.7. The maximum atomic E-state index is 6.42. The van der Waals surface area contributed by atoms with Gasteiger partial charge in [0.1, 0.15) is 0 Å². The molecule has 2 aliphatic heterocycles. The molecular formula is C17H19NO2S2. The average Bonchev–Trinajstić information content (AvgIpc) is 2.95. The van der Waals surface area contributed by atoms with Gasteiger partial charge in [-0.25, -0.2) is 0 Å². The summed E-state index contributed by atoms with van der Waals surface area (Å²) in [5.41, 5.74) is 2.86. The second kappa shape index (κ2) is 4.89. The third-order valence-electron chi connectivity index (χ3n) is 5.37. The average molecular weight is 333 g/mol. The van der Waals surface area contributed by atoms with Gasteiger partial charge >= 0.3 is 0 Å². The van der Waals surface area contributed by atoms with Crippen molar-refractivity contribution in [3.63, 3.8) is 0 Å². The fraction of sp³-hybridized carbons (Fsp3) is 0.529. The van der Waals surface area contributed by atoms with Crippen LogP contribution in [0.15, 0.2) is 22.9 Å². The minimum atomic E-state index is -0.118. The quantitative estimate of drug-likeness (QED) is 0.835. The van der Waals surface area contributed by atoms with Crippen LogP contribution in [0, 0.1) is 0 Å². The van der Waals surface area contributed by atoms with Crippen LogP contribution in [0.4, 0.5) is 0 Å². The Morgan fingerprint density at radius 2 is 2.05 bits per heavy atom. The monoisotopic (exact) mass is 333 g/mol. The van der Waals surface area contributed by atoms with Crippen molar-refractivity contribution in [2.45, 2.75) is 37.2 Å². The predicted molar refractivity (Wildman–Crippen MR) is 88.6 cm³/mol. The van der Waals surface area contributed by atoms with Crippen molar-refractivity contribution in [2.24, 2.45) is 0 Å². The lowest BCUT2D eigenvalue weighted by Gasteiger charge is -2.46. The van der Waals surface area contributed by atoms with E-state index in [-0.39, 0.29) is 11.9 Å². The van der Waals surface area contributed by atoms with E-state index in [9.17, 15) is 0 Å². The van der Waals surface area contributed by atoms with Gasteiger partial charge in [-0.2, -0.15) is 0 Å². The minimum Gasteiger partial charge on any atom is -0.355 e. The van der Waals surface area contributed by atoms with Gasteiger partial charge in [0, 0.05) is 36.4 Å². The van der Waals surface area contributed by atoms with Crippen molar-refractivity contribution in [1.82, 2.24) is 4.90 Å². The van der Waals surface area contributed by atoms with Crippen LogP contribution in [0.5, 0.6) is 0 Å². The third kappa shape index (κ3) is 1.90. The molecule has 0 saturated carbocycles. The molecule has 0 radical (unpaired) electrons. The SMILES string of the molecule is COC1Cc2sccc2C2(CCN(C3c4ccsc43)CC2)O1. The van der Waals surface area contributed by atoms with Crippen molar-refractivity contribution in [1.29, 1.82) is 0 Å². The van der Waals surface area contributed by atoms with Gasteiger partial charge in [-0.05, 0) is 46.9 Å². The van der Waals surface area contributed by atoms with Crippen molar-refractivity contribution < 1.29 is 9.47 Å². The van der Waals surface area contributed by atoms with Gasteiger partial charge in [0.05, 0.1) is 11.6 Å². The molecule has 22 heavy (non-hydrogen) atoms. The molecule has 1 aliphatic carbocycles. The summed E-state index contributed by atoms with van der Waals surface area (Å²) in [6.07, 6.45) is 2.96. The van der Waals surface area contributed by atoms with Gasteiger partial charge in [0.25, 0.3) is 0 Å². The Kier molecular flexibility index (Phi) is 3.04. The Labute approximate surface area is 138 Å². The zero-order valence-electron chi connectivity index (χ0n) is 12.6. The summed E-state index contributed by atoms with van der Waals surface area (Å²) in [6, 6.07) is 5.18. The summed E-state index contributed by atoms with van der Waals surface area (Å²) < 4.78 is 12.0. The lowest BCUT2D eigenvalue weighted by molar-refractivity contribution is -0.226. The highest BCUT2D eigenvalue weighted by atomic mass is 32.1. The Morgan fingerprint density at radius 1 is 1.23 bits per heavy atom. The number of likely N-dealkylation sites (tertiary alicyclic amines) is 1. The summed E-state index contributed by atoms with van der Waals surface area (Å²) >= 11 is 3.75. The molecule has 0 aromatic carbocycles. The maximum absolute atomic E-state index is 6.42. The first-order valence-corrected chi connectivity index (χ1v) is 9.65. The summed E-state index contributed by atoms with van der Waals surface area (Å²) in [4.78, 5) is 5.65. The van der Waals surface area contributed by atoms with E-state index in [0.29, 0.717) is 6.04 Å². The molecule has 1 saturated heterocycles. The lowest BCUT2D eigenvalue weighted by Crippen LogP contribution is -2.48. The summed E-state index contributed by atoms with van der Waals surface area (Å²) in [6.45, 7) is 2.22. The van der Waals surface area contributed by atoms with Crippen LogP contribution in [-0.2, 0) is 21.5 Å². The molecule has 1 spiro atoms. The Hall–Kier alpha value is -0.720. The molecule has 2 aromatic rings. The molecule has 2 aromatic heterocycles. The van der Waals surface area contributed by atoms with E-state index in [1.807, 2.05) is 22.7 Å². The van der Waals surface area contributed by atoms with Crippen molar-refractivity contribution >= 4 is 22.7 Å². The van der Waals surface area contributed by atoms with Crippen LogP contribution in [0.2, 0.25) is 0 Å². The number of hydrogen-bond donors (Lipinski definition) is 0. The third-order valence-corrected chi connectivity index (χ3v) is 7.29. The van der Waals surface area contributed by atoms with Gasteiger partial charge in [0.2, 0.25) is 0 Å². The first kappa shape index (κ1) is 13.7. The molecule has 3 nitrogen and oxygen atoms in total. The first-order valence-electron chi connectivity index (χ1n) is 7.89.